The van der Waals surface area contributed by atoms with Gasteiger partial charge in [0.15, 0.2) is 0 Å². The minimum Gasteiger partial charge on any atom is -0.361 e. The molecule has 9 nitrogen and oxygen atoms in total. The van der Waals surface area contributed by atoms with Crippen molar-refractivity contribution >= 4 is 26.8 Å². The van der Waals surface area contributed by atoms with Gasteiger partial charge in [0, 0.05) is 55.1 Å². The lowest BCUT2D eigenvalue weighted by molar-refractivity contribution is 0.0698. The van der Waals surface area contributed by atoms with Crippen molar-refractivity contribution in [2.24, 2.45) is 0 Å². The van der Waals surface area contributed by atoms with Crippen LogP contribution in [0.2, 0.25) is 0 Å². The first kappa shape index (κ1) is 21.1. The van der Waals surface area contributed by atoms with Crippen LogP contribution in [0.25, 0.3) is 22.2 Å². The van der Waals surface area contributed by atoms with Gasteiger partial charge in [-0.15, -0.1) is 0 Å². The largest absolute Gasteiger partial charge is 0.361 e. The number of H-pyrrole nitrogens is 2. The van der Waals surface area contributed by atoms with Gasteiger partial charge in [0.2, 0.25) is 10.0 Å². The molecule has 1 amide bonds. The summed E-state index contributed by atoms with van der Waals surface area (Å²) < 4.78 is 27.6. The Bertz CT molecular complexity index is 1460. The second kappa shape index (κ2) is 8.30. The van der Waals surface area contributed by atoms with Crippen molar-refractivity contribution in [1.29, 1.82) is 0 Å². The number of amides is 1. The van der Waals surface area contributed by atoms with Crippen LogP contribution in [0.15, 0.2) is 76.6 Å². The molecule has 1 aliphatic rings. The van der Waals surface area contributed by atoms with Crippen LogP contribution in [0.3, 0.4) is 0 Å². The van der Waals surface area contributed by atoms with Crippen molar-refractivity contribution < 1.29 is 13.2 Å². The molecule has 1 aliphatic heterocycles. The zero-order valence-electron chi connectivity index (χ0n) is 17.6. The SMILES string of the molecule is O=C(c1ccc(-c2ccc(=O)[nH]n2)cc1)N1CCN(S(=O)(=O)c2ccc3cc[nH]c3c2)CC1. The summed E-state index contributed by atoms with van der Waals surface area (Å²) in [4.78, 5) is 29.0. The van der Waals surface area contributed by atoms with Gasteiger partial charge in [0.05, 0.1) is 10.6 Å². The van der Waals surface area contributed by atoms with Gasteiger partial charge in [-0.3, -0.25) is 9.59 Å². The molecule has 168 valence electrons. The molecule has 0 saturated carbocycles. The Kier molecular flexibility index (Phi) is 5.31. The number of hydrogen-bond acceptors (Lipinski definition) is 5. The van der Waals surface area contributed by atoms with Crippen LogP contribution in [0.1, 0.15) is 10.4 Å². The number of carbonyl (C=O) groups excluding carboxylic acids is 1. The molecule has 2 N–H and O–H groups in total. The molecule has 0 spiro atoms. The Balaban J connectivity index is 1.26. The number of hydrogen-bond donors (Lipinski definition) is 2. The van der Waals surface area contributed by atoms with Crippen LogP contribution in [0.4, 0.5) is 0 Å². The predicted octanol–water partition coefficient (Wildman–Crippen LogP) is 2.06. The topological polar surface area (TPSA) is 119 Å². The smallest absolute Gasteiger partial charge is 0.264 e. The Morgan fingerprint density at radius 3 is 2.36 bits per heavy atom. The number of sulfonamides is 1. The van der Waals surface area contributed by atoms with E-state index in [-0.39, 0.29) is 29.5 Å². The molecule has 0 unspecified atom stereocenters. The number of piperazine rings is 1. The monoisotopic (exact) mass is 463 g/mol. The van der Waals surface area contributed by atoms with E-state index in [0.717, 1.165) is 16.5 Å². The molecule has 1 fully saturated rings. The molecule has 2 aromatic heterocycles. The van der Waals surface area contributed by atoms with Gasteiger partial charge >= 0.3 is 0 Å². The molecule has 33 heavy (non-hydrogen) atoms. The summed E-state index contributed by atoms with van der Waals surface area (Å²) in [6.45, 7) is 1.09. The molecule has 2 aromatic carbocycles. The van der Waals surface area contributed by atoms with Crippen LogP contribution in [-0.2, 0) is 10.0 Å². The predicted molar refractivity (Wildman–Crippen MR) is 123 cm³/mol. The van der Waals surface area contributed by atoms with E-state index in [1.54, 1.807) is 59.6 Å². The maximum absolute atomic E-state index is 13.1. The maximum Gasteiger partial charge on any atom is 0.264 e. The van der Waals surface area contributed by atoms with Crippen molar-refractivity contribution in [1.82, 2.24) is 24.4 Å². The van der Waals surface area contributed by atoms with E-state index >= 15 is 0 Å². The van der Waals surface area contributed by atoms with Crippen LogP contribution in [-0.4, -0.2) is 64.9 Å². The van der Waals surface area contributed by atoms with Crippen LogP contribution >= 0.6 is 0 Å². The molecular formula is C23H21N5O4S. The summed E-state index contributed by atoms with van der Waals surface area (Å²) in [5.74, 6) is -0.152. The van der Waals surface area contributed by atoms with Crippen LogP contribution in [0.5, 0.6) is 0 Å². The van der Waals surface area contributed by atoms with Gasteiger partial charge in [0.1, 0.15) is 0 Å². The summed E-state index contributed by atoms with van der Waals surface area (Å²) >= 11 is 0. The lowest BCUT2D eigenvalue weighted by atomic mass is 10.1. The quantitative estimate of drug-likeness (QED) is 0.480. The Morgan fingerprint density at radius 2 is 1.67 bits per heavy atom. The standard InChI is InChI=1S/C23H21N5O4S/c29-22-8-7-20(25-26-22)16-1-3-18(4-2-16)23(30)27-11-13-28(14-12-27)33(31,32)19-6-5-17-9-10-24-21(17)15-19/h1-10,15,24H,11-14H2,(H,26,29). The maximum atomic E-state index is 13.1. The van der Waals surface area contributed by atoms with Crippen molar-refractivity contribution in [3.05, 3.63) is 82.8 Å². The number of nitrogens with one attached hydrogen (secondary N) is 2. The van der Waals surface area contributed by atoms with Gasteiger partial charge in [-0.1, -0.05) is 18.2 Å². The highest BCUT2D eigenvalue weighted by molar-refractivity contribution is 7.89. The van der Waals surface area contributed by atoms with E-state index in [0.29, 0.717) is 24.3 Å². The minimum absolute atomic E-state index is 0.152. The van der Waals surface area contributed by atoms with Crippen molar-refractivity contribution in [3.63, 3.8) is 0 Å². The van der Waals surface area contributed by atoms with Crippen molar-refractivity contribution in [2.45, 2.75) is 4.90 Å². The summed E-state index contributed by atoms with van der Waals surface area (Å²) in [5, 5.41) is 7.32. The highest BCUT2D eigenvalue weighted by Crippen LogP contribution is 2.23. The van der Waals surface area contributed by atoms with E-state index in [9.17, 15) is 18.0 Å². The molecule has 0 atom stereocenters. The van der Waals surface area contributed by atoms with Gasteiger partial charge in [-0.05, 0) is 41.8 Å². The molecule has 10 heteroatoms. The third kappa shape index (κ3) is 4.06. The molecule has 3 heterocycles. The summed E-state index contributed by atoms with van der Waals surface area (Å²) in [5.41, 5.74) is 2.38. The second-order valence-electron chi connectivity index (χ2n) is 7.81. The van der Waals surface area contributed by atoms with Crippen molar-refractivity contribution in [2.75, 3.05) is 26.2 Å². The molecule has 1 saturated heterocycles. The number of fused-ring (bicyclic) bond motifs is 1. The van der Waals surface area contributed by atoms with E-state index in [2.05, 4.69) is 15.2 Å². The number of nitrogens with zero attached hydrogens (tertiary/aromatic N) is 3. The van der Waals surface area contributed by atoms with E-state index in [1.807, 2.05) is 6.07 Å². The third-order valence-electron chi connectivity index (χ3n) is 5.80. The fraction of sp³-hybridized carbons (Fsp3) is 0.174. The normalized spacial score (nSPS) is 15.1. The fourth-order valence-electron chi connectivity index (χ4n) is 3.94. The van der Waals surface area contributed by atoms with Gasteiger partial charge in [-0.25, -0.2) is 13.5 Å². The van der Waals surface area contributed by atoms with Crippen LogP contribution in [0, 0.1) is 0 Å². The Morgan fingerprint density at radius 1 is 0.909 bits per heavy atom. The minimum atomic E-state index is -3.64. The average Bonchev–Trinajstić information content (AvgIpc) is 3.32. The van der Waals surface area contributed by atoms with Gasteiger partial charge in [-0.2, -0.15) is 9.40 Å². The highest BCUT2D eigenvalue weighted by Gasteiger charge is 2.30. The zero-order chi connectivity index (χ0) is 23.0. The summed E-state index contributed by atoms with van der Waals surface area (Å²) in [7, 11) is -3.64. The molecule has 0 radical (unpaired) electrons. The first-order chi connectivity index (χ1) is 15.9. The van der Waals surface area contributed by atoms with E-state index < -0.39 is 10.0 Å². The van der Waals surface area contributed by atoms with E-state index in [1.165, 1.54) is 10.4 Å². The highest BCUT2D eigenvalue weighted by atomic mass is 32.2. The number of aromatic amines is 2. The Hall–Kier alpha value is -3.76. The summed E-state index contributed by atoms with van der Waals surface area (Å²) in [6, 6.07) is 16.9. The molecular weight excluding hydrogens is 442 g/mol. The first-order valence-corrected chi connectivity index (χ1v) is 11.9. The molecule has 5 rings (SSSR count). The number of rotatable bonds is 4. The zero-order valence-corrected chi connectivity index (χ0v) is 18.4. The lowest BCUT2D eigenvalue weighted by Crippen LogP contribution is -2.50. The molecule has 0 bridgehead atoms. The molecule has 0 aliphatic carbocycles. The molecule has 4 aromatic rings. The Labute approximate surface area is 189 Å². The third-order valence-corrected chi connectivity index (χ3v) is 7.69. The second-order valence-corrected chi connectivity index (χ2v) is 9.74. The number of aromatic nitrogens is 3. The average molecular weight is 464 g/mol. The number of benzene rings is 2. The van der Waals surface area contributed by atoms with Crippen LogP contribution < -0.4 is 5.56 Å². The fourth-order valence-corrected chi connectivity index (χ4v) is 5.39. The summed E-state index contributed by atoms with van der Waals surface area (Å²) in [6.07, 6.45) is 1.77. The lowest BCUT2D eigenvalue weighted by Gasteiger charge is -2.34. The van der Waals surface area contributed by atoms with Gasteiger partial charge in [0.25, 0.3) is 11.5 Å². The van der Waals surface area contributed by atoms with Crippen molar-refractivity contribution in [3.8, 4) is 11.3 Å². The first-order valence-electron chi connectivity index (χ1n) is 10.4. The van der Waals surface area contributed by atoms with Gasteiger partial charge < -0.3 is 9.88 Å². The van der Waals surface area contributed by atoms with E-state index in [4.69, 9.17) is 0 Å². The number of carbonyl (C=O) groups is 1.